The summed E-state index contributed by atoms with van der Waals surface area (Å²) in [4.78, 5) is 0.350. The maximum atomic E-state index is 12.0. The lowest BCUT2D eigenvalue weighted by Gasteiger charge is -2.17. The number of hydrogen-bond donors (Lipinski definition) is 1. The molecule has 0 radical (unpaired) electrons. The zero-order valence-electron chi connectivity index (χ0n) is 8.86. The van der Waals surface area contributed by atoms with E-state index in [2.05, 4.69) is 26.1 Å². The van der Waals surface area contributed by atoms with Crippen molar-refractivity contribution in [2.45, 2.75) is 23.6 Å². The first-order valence-electron chi connectivity index (χ1n) is 4.46. The van der Waals surface area contributed by atoms with Gasteiger partial charge in [-0.25, -0.2) is 8.42 Å². The molecule has 1 rings (SSSR count). The number of nitrogens with one attached hydrogen (secondary N) is 1. The van der Waals surface area contributed by atoms with Crippen molar-refractivity contribution in [2.24, 2.45) is 0 Å². The van der Waals surface area contributed by atoms with Crippen LogP contribution in [0.3, 0.4) is 0 Å². The Labute approximate surface area is 98.0 Å². The first-order chi connectivity index (χ1) is 6.85. The lowest BCUT2D eigenvalue weighted by atomic mass is 10.5. The second kappa shape index (κ2) is 4.63. The monoisotopic (exact) mass is 295 g/mol. The number of nitrogens with zero attached hydrogens (tertiary/aromatic N) is 2. The van der Waals surface area contributed by atoms with Crippen LogP contribution in [0.5, 0.6) is 0 Å². The minimum Gasteiger partial charge on any atom is -0.281 e. The Kier molecular flexibility index (Phi) is 3.91. The van der Waals surface area contributed by atoms with Gasteiger partial charge in [-0.2, -0.15) is 9.40 Å². The number of halogens is 1. The third-order valence-electron chi connectivity index (χ3n) is 1.98. The molecule has 0 saturated carbocycles. The molecule has 0 fully saturated rings. The fourth-order valence-electron chi connectivity index (χ4n) is 1.22. The molecule has 7 heteroatoms. The molecule has 0 bridgehead atoms. The first kappa shape index (κ1) is 12.7. The molecule has 15 heavy (non-hydrogen) atoms. The number of rotatable bonds is 4. The van der Waals surface area contributed by atoms with Gasteiger partial charge in [0.05, 0.1) is 11.9 Å². The molecule has 0 aliphatic rings. The van der Waals surface area contributed by atoms with Crippen LogP contribution in [0.2, 0.25) is 0 Å². The summed E-state index contributed by atoms with van der Waals surface area (Å²) in [7, 11) is -1.86. The summed E-state index contributed by atoms with van der Waals surface area (Å²) in [5, 5.41) is 6.32. The molecule has 1 aromatic heterocycles. The molecule has 1 aromatic rings. The first-order valence-corrected chi connectivity index (χ1v) is 6.81. The largest absolute Gasteiger partial charge is 0.281 e. The van der Waals surface area contributed by atoms with Gasteiger partial charge in [-0.05, 0) is 6.92 Å². The highest BCUT2D eigenvalue weighted by molar-refractivity contribution is 9.09. The van der Waals surface area contributed by atoms with Gasteiger partial charge >= 0.3 is 0 Å². The molecule has 0 aliphatic carbocycles. The molecule has 0 aliphatic heterocycles. The Balaban J connectivity index is 2.99. The van der Waals surface area contributed by atoms with Crippen molar-refractivity contribution in [3.63, 3.8) is 0 Å². The number of hydrogen-bond acceptors (Lipinski definition) is 3. The summed E-state index contributed by atoms with van der Waals surface area (Å²) in [5.41, 5.74) is 0.559. The molecule has 0 amide bonds. The average molecular weight is 296 g/mol. The van der Waals surface area contributed by atoms with Crippen LogP contribution in [0.15, 0.2) is 11.1 Å². The maximum Gasteiger partial charge on any atom is 0.246 e. The van der Waals surface area contributed by atoms with Gasteiger partial charge in [-0.3, -0.25) is 5.10 Å². The lowest BCUT2D eigenvalue weighted by molar-refractivity contribution is 0.473. The summed E-state index contributed by atoms with van der Waals surface area (Å²) < 4.78 is 25.3. The van der Waals surface area contributed by atoms with Crippen LogP contribution in [0.1, 0.15) is 12.6 Å². The van der Waals surface area contributed by atoms with E-state index in [1.165, 1.54) is 10.5 Å². The molecule has 86 valence electrons. The van der Waals surface area contributed by atoms with Gasteiger partial charge in [0, 0.05) is 18.4 Å². The predicted molar refractivity (Wildman–Crippen MR) is 61.5 cm³/mol. The second-order valence-corrected chi connectivity index (χ2v) is 7.00. The Hall–Kier alpha value is -0.400. The van der Waals surface area contributed by atoms with Crippen LogP contribution >= 0.6 is 15.9 Å². The Morgan fingerprint density at radius 2 is 2.27 bits per heavy atom. The number of aromatic nitrogens is 2. The van der Waals surface area contributed by atoms with Gasteiger partial charge in [0.2, 0.25) is 10.0 Å². The lowest BCUT2D eigenvalue weighted by Crippen LogP contribution is -2.31. The van der Waals surface area contributed by atoms with Gasteiger partial charge in [-0.15, -0.1) is 0 Å². The average Bonchev–Trinajstić information content (AvgIpc) is 2.50. The highest BCUT2D eigenvalue weighted by Gasteiger charge is 2.24. The summed E-state index contributed by atoms with van der Waals surface area (Å²) >= 11 is 3.32. The minimum atomic E-state index is -3.41. The highest BCUT2D eigenvalue weighted by atomic mass is 79.9. The van der Waals surface area contributed by atoms with E-state index in [0.717, 1.165) is 0 Å². The van der Waals surface area contributed by atoms with E-state index in [-0.39, 0.29) is 9.72 Å². The molecule has 5 nitrogen and oxygen atoms in total. The summed E-state index contributed by atoms with van der Waals surface area (Å²) in [5.74, 6) is 0. The number of H-pyrrole nitrogens is 1. The zero-order chi connectivity index (χ0) is 11.6. The van der Waals surface area contributed by atoms with Gasteiger partial charge in [0.25, 0.3) is 0 Å². The molecule has 1 atom stereocenters. The van der Waals surface area contributed by atoms with E-state index in [9.17, 15) is 8.42 Å². The number of aryl methyl sites for hydroxylation is 1. The molecule has 0 aromatic carbocycles. The topological polar surface area (TPSA) is 66.1 Å². The van der Waals surface area contributed by atoms with Crippen LogP contribution in [0, 0.1) is 6.92 Å². The van der Waals surface area contributed by atoms with Crippen LogP contribution in [-0.4, -0.2) is 41.3 Å². The standard InChI is InChI=1S/C8H14BrN3O2S/c1-6(9)5-12(3)15(13,14)8-4-10-11-7(8)2/h4,6H,5H2,1-3H3,(H,10,11). The molecule has 1 unspecified atom stereocenters. The van der Waals surface area contributed by atoms with Crippen LogP contribution in [-0.2, 0) is 10.0 Å². The van der Waals surface area contributed by atoms with Gasteiger partial charge < -0.3 is 0 Å². The Bertz CT molecular complexity index is 427. The van der Waals surface area contributed by atoms with Crippen molar-refractivity contribution in [1.82, 2.24) is 14.5 Å². The van der Waals surface area contributed by atoms with Crippen molar-refractivity contribution in [1.29, 1.82) is 0 Å². The predicted octanol–water partition coefficient (Wildman–Crippen LogP) is 1.12. The van der Waals surface area contributed by atoms with Crippen molar-refractivity contribution >= 4 is 26.0 Å². The van der Waals surface area contributed by atoms with Crippen LogP contribution in [0.25, 0.3) is 0 Å². The fourth-order valence-corrected chi connectivity index (χ4v) is 3.22. The fraction of sp³-hybridized carbons (Fsp3) is 0.625. The van der Waals surface area contributed by atoms with Crippen molar-refractivity contribution in [3.05, 3.63) is 11.9 Å². The SMILES string of the molecule is Cc1[nH]ncc1S(=O)(=O)N(C)CC(C)Br. The second-order valence-electron chi connectivity index (χ2n) is 3.43. The maximum absolute atomic E-state index is 12.0. The number of alkyl halides is 1. The van der Waals surface area contributed by atoms with E-state index in [4.69, 9.17) is 0 Å². The quantitative estimate of drug-likeness (QED) is 0.847. The Morgan fingerprint density at radius 3 is 2.67 bits per heavy atom. The van der Waals surface area contributed by atoms with Crippen molar-refractivity contribution in [3.8, 4) is 0 Å². The van der Waals surface area contributed by atoms with Gasteiger partial charge in [0.15, 0.2) is 0 Å². The van der Waals surface area contributed by atoms with Gasteiger partial charge in [0.1, 0.15) is 4.90 Å². The van der Waals surface area contributed by atoms with Crippen LogP contribution in [0.4, 0.5) is 0 Å². The minimum absolute atomic E-state index is 0.115. The number of aromatic amines is 1. The number of sulfonamides is 1. The molecule has 0 saturated heterocycles. The third-order valence-corrected chi connectivity index (χ3v) is 4.21. The van der Waals surface area contributed by atoms with Crippen molar-refractivity contribution < 1.29 is 8.42 Å². The van der Waals surface area contributed by atoms with Crippen LogP contribution < -0.4 is 0 Å². The molecule has 0 spiro atoms. The summed E-state index contributed by atoms with van der Waals surface area (Å²) in [6.45, 7) is 4.01. The zero-order valence-corrected chi connectivity index (χ0v) is 11.3. The van der Waals surface area contributed by atoms with E-state index in [1.54, 1.807) is 14.0 Å². The molecule has 1 heterocycles. The Morgan fingerprint density at radius 1 is 1.67 bits per heavy atom. The van der Waals surface area contributed by atoms with E-state index < -0.39 is 10.0 Å². The highest BCUT2D eigenvalue weighted by Crippen LogP contribution is 2.17. The smallest absolute Gasteiger partial charge is 0.246 e. The third kappa shape index (κ3) is 2.79. The molecule has 1 N–H and O–H groups in total. The van der Waals surface area contributed by atoms with E-state index in [0.29, 0.717) is 12.2 Å². The van der Waals surface area contributed by atoms with Crippen molar-refractivity contribution in [2.75, 3.05) is 13.6 Å². The normalized spacial score (nSPS) is 14.5. The summed E-state index contributed by atoms with van der Waals surface area (Å²) in [6, 6.07) is 0. The molecular formula is C8H14BrN3O2S. The summed E-state index contributed by atoms with van der Waals surface area (Å²) in [6.07, 6.45) is 1.33. The van der Waals surface area contributed by atoms with Gasteiger partial charge in [-0.1, -0.05) is 22.9 Å². The van der Waals surface area contributed by atoms with E-state index >= 15 is 0 Å². The molecular weight excluding hydrogens is 282 g/mol. The van der Waals surface area contributed by atoms with E-state index in [1.807, 2.05) is 6.92 Å².